The van der Waals surface area contributed by atoms with Crippen LogP contribution in [0.1, 0.15) is 36.3 Å². The first-order valence-electron chi connectivity index (χ1n) is 7.49. The van der Waals surface area contributed by atoms with Gasteiger partial charge in [-0.2, -0.15) is 0 Å². The van der Waals surface area contributed by atoms with Gasteiger partial charge in [-0.05, 0) is 19.9 Å². The van der Waals surface area contributed by atoms with Crippen molar-refractivity contribution in [3.05, 3.63) is 59.0 Å². The van der Waals surface area contributed by atoms with Crippen molar-refractivity contribution in [1.82, 2.24) is 15.0 Å². The molecule has 8 heteroatoms. The molecule has 0 radical (unpaired) electrons. The molecule has 2 heterocycles. The third kappa shape index (κ3) is 3.38. The molecule has 1 atom stereocenters. The number of aryl methyl sites for hydroxylation is 1. The third-order valence-electron chi connectivity index (χ3n) is 3.74. The summed E-state index contributed by atoms with van der Waals surface area (Å²) in [4.78, 5) is 12.2. The van der Waals surface area contributed by atoms with Gasteiger partial charge in [0.05, 0.1) is 23.2 Å². The Balaban J connectivity index is 2.02. The van der Waals surface area contributed by atoms with Gasteiger partial charge in [0, 0.05) is 5.56 Å². The second-order valence-corrected chi connectivity index (χ2v) is 5.56. The van der Waals surface area contributed by atoms with E-state index >= 15 is 0 Å². The number of fused-ring (bicyclic) bond motifs is 1. The number of nitrogens with one attached hydrogen (secondary N) is 1. The molecule has 1 N–H and O–H groups in total. The van der Waals surface area contributed by atoms with Gasteiger partial charge in [0.15, 0.2) is 5.65 Å². The van der Waals surface area contributed by atoms with Crippen LogP contribution in [-0.4, -0.2) is 15.0 Å². The Kier molecular flexibility index (Phi) is 4.52. The van der Waals surface area contributed by atoms with Crippen LogP contribution in [0.4, 0.5) is 23.4 Å². The van der Waals surface area contributed by atoms with E-state index in [1.54, 1.807) is 13.8 Å². The molecule has 1 aromatic carbocycles. The maximum Gasteiger partial charge on any atom is 0.266 e. The highest BCUT2D eigenvalue weighted by Crippen LogP contribution is 2.30. The summed E-state index contributed by atoms with van der Waals surface area (Å²) in [6, 6.07) is 4.35. The lowest BCUT2D eigenvalue weighted by atomic mass is 10.0. The van der Waals surface area contributed by atoms with E-state index in [9.17, 15) is 17.6 Å². The highest BCUT2D eigenvalue weighted by atomic mass is 19.3. The van der Waals surface area contributed by atoms with Gasteiger partial charge in [0.2, 0.25) is 0 Å². The van der Waals surface area contributed by atoms with Crippen LogP contribution in [0.5, 0.6) is 0 Å². The molecule has 3 rings (SSSR count). The van der Waals surface area contributed by atoms with Crippen molar-refractivity contribution >= 4 is 16.9 Å². The fourth-order valence-corrected chi connectivity index (χ4v) is 2.56. The van der Waals surface area contributed by atoms with Gasteiger partial charge in [-0.25, -0.2) is 32.5 Å². The smallest absolute Gasteiger partial charge is 0.266 e. The molecule has 3 aromatic rings. The normalized spacial score (nSPS) is 12.6. The number of hydrogen-bond donors (Lipinski definition) is 1. The van der Waals surface area contributed by atoms with Crippen LogP contribution in [0.15, 0.2) is 30.5 Å². The summed E-state index contributed by atoms with van der Waals surface area (Å²) in [5.41, 5.74) is -0.320. The molecule has 0 spiro atoms. The molecule has 0 aliphatic carbocycles. The minimum Gasteiger partial charge on any atom is -0.363 e. The second-order valence-electron chi connectivity index (χ2n) is 5.56. The van der Waals surface area contributed by atoms with E-state index < -0.39 is 29.7 Å². The van der Waals surface area contributed by atoms with Crippen molar-refractivity contribution in [2.75, 3.05) is 5.32 Å². The summed E-state index contributed by atoms with van der Waals surface area (Å²) in [6.07, 6.45) is -1.87. The van der Waals surface area contributed by atoms with Crippen molar-refractivity contribution in [2.45, 2.75) is 26.3 Å². The SMILES string of the molecule is Cc1nc(NC(C)c2cccc(C(F)F)c2F)c2cc(F)cnc2n1. The number of hydrogen-bond acceptors (Lipinski definition) is 4. The van der Waals surface area contributed by atoms with Gasteiger partial charge < -0.3 is 5.32 Å². The molecule has 130 valence electrons. The highest BCUT2D eigenvalue weighted by molar-refractivity contribution is 5.86. The highest BCUT2D eigenvalue weighted by Gasteiger charge is 2.20. The molecule has 0 fully saturated rings. The van der Waals surface area contributed by atoms with Crippen molar-refractivity contribution < 1.29 is 17.6 Å². The molecule has 1 unspecified atom stereocenters. The van der Waals surface area contributed by atoms with Crippen molar-refractivity contribution in [3.63, 3.8) is 0 Å². The van der Waals surface area contributed by atoms with Crippen molar-refractivity contribution in [3.8, 4) is 0 Å². The predicted octanol–water partition coefficient (Wildman–Crippen LogP) is 4.72. The van der Waals surface area contributed by atoms with Crippen LogP contribution >= 0.6 is 0 Å². The number of aromatic nitrogens is 3. The van der Waals surface area contributed by atoms with Crippen LogP contribution < -0.4 is 5.32 Å². The number of rotatable bonds is 4. The van der Waals surface area contributed by atoms with Crippen molar-refractivity contribution in [1.29, 1.82) is 0 Å². The molecular weight excluding hydrogens is 336 g/mol. The van der Waals surface area contributed by atoms with Crippen LogP contribution in [0.2, 0.25) is 0 Å². The minimum atomic E-state index is -2.91. The fourth-order valence-electron chi connectivity index (χ4n) is 2.56. The quantitative estimate of drug-likeness (QED) is 0.692. The number of nitrogens with zero attached hydrogens (tertiary/aromatic N) is 3. The first kappa shape index (κ1) is 17.1. The van der Waals surface area contributed by atoms with E-state index in [4.69, 9.17) is 0 Å². The molecule has 0 aliphatic heterocycles. The molecule has 0 amide bonds. The van der Waals surface area contributed by atoms with Gasteiger partial charge in [-0.15, -0.1) is 0 Å². The minimum absolute atomic E-state index is 0.0616. The maximum atomic E-state index is 14.3. The first-order chi connectivity index (χ1) is 11.9. The number of halogens is 4. The average molecular weight is 350 g/mol. The molecular formula is C17H14F4N4. The lowest BCUT2D eigenvalue weighted by Gasteiger charge is -2.18. The molecule has 25 heavy (non-hydrogen) atoms. The first-order valence-corrected chi connectivity index (χ1v) is 7.49. The molecule has 0 aliphatic rings. The zero-order valence-electron chi connectivity index (χ0n) is 13.4. The Morgan fingerprint density at radius 1 is 1.08 bits per heavy atom. The van der Waals surface area contributed by atoms with Crippen LogP contribution in [0.25, 0.3) is 11.0 Å². The van der Waals surface area contributed by atoms with Crippen LogP contribution in [0, 0.1) is 18.6 Å². The largest absolute Gasteiger partial charge is 0.363 e. The van der Waals surface area contributed by atoms with Crippen LogP contribution in [0.3, 0.4) is 0 Å². The van der Waals surface area contributed by atoms with E-state index in [-0.39, 0.29) is 17.0 Å². The summed E-state index contributed by atoms with van der Waals surface area (Å²) in [5, 5.41) is 3.26. The lowest BCUT2D eigenvalue weighted by molar-refractivity contribution is 0.146. The lowest BCUT2D eigenvalue weighted by Crippen LogP contribution is -2.12. The van der Waals surface area contributed by atoms with Gasteiger partial charge in [0.1, 0.15) is 23.3 Å². The van der Waals surface area contributed by atoms with E-state index in [0.29, 0.717) is 11.2 Å². The fraction of sp³-hybridized carbons (Fsp3) is 0.235. The van der Waals surface area contributed by atoms with E-state index in [1.165, 1.54) is 18.2 Å². The predicted molar refractivity (Wildman–Crippen MR) is 85.4 cm³/mol. The summed E-state index contributed by atoms with van der Waals surface area (Å²) in [7, 11) is 0. The summed E-state index contributed by atoms with van der Waals surface area (Å²) in [6.45, 7) is 3.24. The van der Waals surface area contributed by atoms with Gasteiger partial charge in [-0.3, -0.25) is 0 Å². The van der Waals surface area contributed by atoms with Gasteiger partial charge >= 0.3 is 0 Å². The number of benzene rings is 1. The van der Waals surface area contributed by atoms with Crippen LogP contribution in [-0.2, 0) is 0 Å². The summed E-state index contributed by atoms with van der Waals surface area (Å²) in [5.74, 6) is -0.898. The van der Waals surface area contributed by atoms with E-state index in [0.717, 1.165) is 12.3 Å². The molecule has 0 saturated heterocycles. The Bertz CT molecular complexity index is 930. The Morgan fingerprint density at radius 3 is 2.52 bits per heavy atom. The summed E-state index contributed by atoms with van der Waals surface area (Å²) >= 11 is 0. The number of alkyl halides is 2. The molecule has 2 aromatic heterocycles. The zero-order valence-corrected chi connectivity index (χ0v) is 13.4. The zero-order chi connectivity index (χ0) is 18.1. The van der Waals surface area contributed by atoms with E-state index in [1.807, 2.05) is 0 Å². The standard InChI is InChI=1S/C17H14F4N4/c1-8(11-4-3-5-12(14(11)19)15(20)21)23-17-13-6-10(18)7-22-16(13)24-9(2)25-17/h3-8,15H,1-2H3,(H,22,23,24,25). The third-order valence-corrected chi connectivity index (χ3v) is 3.74. The average Bonchev–Trinajstić information content (AvgIpc) is 2.55. The number of anilines is 1. The second kappa shape index (κ2) is 6.62. The van der Waals surface area contributed by atoms with Crippen molar-refractivity contribution in [2.24, 2.45) is 0 Å². The Labute approximate surface area is 141 Å². The maximum absolute atomic E-state index is 14.3. The number of pyridine rings is 1. The van der Waals surface area contributed by atoms with Gasteiger partial charge in [-0.1, -0.05) is 18.2 Å². The molecule has 4 nitrogen and oxygen atoms in total. The monoisotopic (exact) mass is 350 g/mol. The Morgan fingerprint density at radius 2 is 1.80 bits per heavy atom. The Hall–Kier alpha value is -2.77. The van der Waals surface area contributed by atoms with Gasteiger partial charge in [0.25, 0.3) is 6.43 Å². The topological polar surface area (TPSA) is 50.7 Å². The molecule has 0 saturated carbocycles. The van der Waals surface area contributed by atoms with E-state index in [2.05, 4.69) is 20.3 Å². The summed E-state index contributed by atoms with van der Waals surface area (Å²) < 4.78 is 53.5. The molecule has 0 bridgehead atoms.